The first-order valence-electron chi connectivity index (χ1n) is 11.9. The highest BCUT2D eigenvalue weighted by atomic mass is 79.9. The normalized spacial score (nSPS) is 24.2. The van der Waals surface area contributed by atoms with E-state index in [0.717, 1.165) is 16.7 Å². The van der Waals surface area contributed by atoms with Crippen molar-refractivity contribution in [2.24, 2.45) is 0 Å². The largest absolute Gasteiger partial charge is 0.416 e. The minimum Gasteiger partial charge on any atom is -0.385 e. The second-order valence-corrected chi connectivity index (χ2v) is 9.54. The summed E-state index contributed by atoms with van der Waals surface area (Å²) in [6, 6.07) is 28.3. The van der Waals surface area contributed by atoms with E-state index in [9.17, 15) is 13.9 Å². The van der Waals surface area contributed by atoms with Crippen LogP contribution in [0.25, 0.3) is 0 Å². The maximum absolute atomic E-state index is 13.7. The summed E-state index contributed by atoms with van der Waals surface area (Å²) in [6.45, 7) is 0.606. The molecule has 0 unspecified atom stereocenters. The first-order chi connectivity index (χ1) is 17.9. The van der Waals surface area contributed by atoms with E-state index in [1.165, 1.54) is 0 Å². The SMILES string of the molecule is O[C@H]1[C@@H](OC(F)(F)Br)O[C@H](COCc2ccccc2)[C@H](OCc2ccccc2)[C@@H]1OCc1ccccc1. The van der Waals surface area contributed by atoms with Crippen LogP contribution in [0.1, 0.15) is 16.7 Å². The van der Waals surface area contributed by atoms with Crippen molar-refractivity contribution in [3.05, 3.63) is 108 Å². The molecule has 198 valence electrons. The smallest absolute Gasteiger partial charge is 0.385 e. The van der Waals surface area contributed by atoms with Gasteiger partial charge in [0.2, 0.25) is 0 Å². The summed E-state index contributed by atoms with van der Waals surface area (Å²) in [5.41, 5.74) is 2.69. The molecule has 0 aliphatic carbocycles. The molecule has 3 aromatic carbocycles. The summed E-state index contributed by atoms with van der Waals surface area (Å²) < 4.78 is 56.1. The molecular weight excluding hydrogens is 550 g/mol. The number of ether oxygens (including phenoxy) is 5. The van der Waals surface area contributed by atoms with Gasteiger partial charge in [0, 0.05) is 15.9 Å². The third-order valence-electron chi connectivity index (χ3n) is 5.83. The van der Waals surface area contributed by atoms with Crippen molar-refractivity contribution >= 4 is 15.9 Å². The van der Waals surface area contributed by atoms with Gasteiger partial charge >= 0.3 is 5.02 Å². The molecule has 1 heterocycles. The van der Waals surface area contributed by atoms with Gasteiger partial charge in [-0.05, 0) is 16.7 Å². The van der Waals surface area contributed by atoms with Crippen molar-refractivity contribution in [2.45, 2.75) is 55.5 Å². The van der Waals surface area contributed by atoms with Gasteiger partial charge in [0.05, 0.1) is 26.4 Å². The van der Waals surface area contributed by atoms with E-state index in [1.54, 1.807) is 0 Å². The molecular formula is C28H29BrF2O6. The van der Waals surface area contributed by atoms with Gasteiger partial charge in [0.15, 0.2) is 6.29 Å². The topological polar surface area (TPSA) is 66.4 Å². The van der Waals surface area contributed by atoms with Crippen molar-refractivity contribution in [3.63, 3.8) is 0 Å². The predicted molar refractivity (Wildman–Crippen MR) is 136 cm³/mol. The van der Waals surface area contributed by atoms with E-state index in [0.29, 0.717) is 0 Å². The Bertz CT molecular complexity index is 1050. The Labute approximate surface area is 223 Å². The van der Waals surface area contributed by atoms with E-state index < -0.39 is 35.7 Å². The van der Waals surface area contributed by atoms with Gasteiger partial charge in [-0.25, -0.2) is 0 Å². The van der Waals surface area contributed by atoms with Crippen molar-refractivity contribution < 1.29 is 37.6 Å². The average molecular weight is 579 g/mol. The molecule has 9 heteroatoms. The minimum absolute atomic E-state index is 0.0000151. The van der Waals surface area contributed by atoms with Crippen molar-refractivity contribution in [3.8, 4) is 0 Å². The minimum atomic E-state index is -3.71. The van der Waals surface area contributed by atoms with E-state index in [4.69, 9.17) is 23.7 Å². The molecule has 5 atom stereocenters. The zero-order valence-electron chi connectivity index (χ0n) is 20.0. The highest BCUT2D eigenvalue weighted by Crippen LogP contribution is 2.34. The molecule has 0 saturated carbocycles. The molecule has 1 aliphatic heterocycles. The molecule has 1 aliphatic rings. The second kappa shape index (κ2) is 13.5. The number of aliphatic hydroxyl groups is 1. The molecule has 6 nitrogen and oxygen atoms in total. The quantitative estimate of drug-likeness (QED) is 0.289. The fourth-order valence-electron chi connectivity index (χ4n) is 4.05. The number of aliphatic hydroxyl groups excluding tert-OH is 1. The van der Waals surface area contributed by atoms with Gasteiger partial charge in [-0.1, -0.05) is 91.0 Å². The number of hydrogen-bond donors (Lipinski definition) is 1. The fourth-order valence-corrected chi connectivity index (χ4v) is 4.23. The molecule has 1 fully saturated rings. The Hall–Kier alpha value is -2.24. The molecule has 0 bridgehead atoms. The zero-order chi connectivity index (χ0) is 26.1. The predicted octanol–water partition coefficient (Wildman–Crippen LogP) is 5.42. The highest BCUT2D eigenvalue weighted by Gasteiger charge is 2.50. The van der Waals surface area contributed by atoms with Crippen LogP contribution in [0.3, 0.4) is 0 Å². The number of alkyl halides is 3. The molecule has 1 saturated heterocycles. The molecule has 1 N–H and O–H groups in total. The van der Waals surface area contributed by atoms with Crippen molar-refractivity contribution in [2.75, 3.05) is 6.61 Å². The van der Waals surface area contributed by atoms with Gasteiger partial charge in [-0.2, -0.15) is 8.78 Å². The van der Waals surface area contributed by atoms with Gasteiger partial charge in [0.1, 0.15) is 24.4 Å². The van der Waals surface area contributed by atoms with Crippen molar-refractivity contribution in [1.82, 2.24) is 0 Å². The number of hydrogen-bond acceptors (Lipinski definition) is 6. The van der Waals surface area contributed by atoms with Gasteiger partial charge in [-0.15, -0.1) is 0 Å². The lowest BCUT2D eigenvalue weighted by Gasteiger charge is -2.44. The van der Waals surface area contributed by atoms with Crippen molar-refractivity contribution in [1.29, 1.82) is 0 Å². The molecule has 4 rings (SSSR count). The summed E-state index contributed by atoms with van der Waals surface area (Å²) >= 11 is 2.17. The van der Waals surface area contributed by atoms with E-state index in [-0.39, 0.29) is 26.4 Å². The summed E-state index contributed by atoms with van der Waals surface area (Å²) in [4.78, 5) is 0. The molecule has 37 heavy (non-hydrogen) atoms. The molecule has 0 spiro atoms. The van der Waals surface area contributed by atoms with E-state index in [1.807, 2.05) is 91.0 Å². The van der Waals surface area contributed by atoms with Gasteiger partial charge < -0.3 is 24.1 Å². The monoisotopic (exact) mass is 578 g/mol. The lowest BCUT2D eigenvalue weighted by Crippen LogP contribution is -2.61. The van der Waals surface area contributed by atoms with Crippen LogP contribution in [0.2, 0.25) is 0 Å². The maximum Gasteiger partial charge on any atom is 0.416 e. The molecule has 0 aromatic heterocycles. The zero-order valence-corrected chi connectivity index (χ0v) is 21.6. The van der Waals surface area contributed by atoms with Gasteiger partial charge in [-0.3, -0.25) is 4.74 Å². The highest BCUT2D eigenvalue weighted by molar-refractivity contribution is 9.09. The Morgan fingerprint density at radius 2 is 1.19 bits per heavy atom. The Morgan fingerprint density at radius 1 is 0.730 bits per heavy atom. The average Bonchev–Trinajstić information content (AvgIpc) is 2.90. The molecule has 3 aromatic rings. The summed E-state index contributed by atoms with van der Waals surface area (Å²) in [7, 11) is 0. The first kappa shape index (κ1) is 27.8. The van der Waals surface area contributed by atoms with E-state index >= 15 is 0 Å². The Balaban J connectivity index is 1.54. The summed E-state index contributed by atoms with van der Waals surface area (Å²) in [6.07, 6.45) is -5.98. The Morgan fingerprint density at radius 3 is 1.68 bits per heavy atom. The van der Waals surface area contributed by atoms with Crippen LogP contribution in [-0.4, -0.2) is 47.4 Å². The van der Waals surface area contributed by atoms with E-state index in [2.05, 4.69) is 15.9 Å². The second-order valence-electron chi connectivity index (χ2n) is 8.62. The van der Waals surface area contributed by atoms with Crippen LogP contribution < -0.4 is 0 Å². The van der Waals surface area contributed by atoms with Crippen LogP contribution in [0, 0.1) is 0 Å². The first-order valence-corrected chi connectivity index (χ1v) is 12.7. The van der Waals surface area contributed by atoms with Crippen LogP contribution in [0.4, 0.5) is 8.78 Å². The third-order valence-corrected chi connectivity index (χ3v) is 6.02. The van der Waals surface area contributed by atoms with Crippen LogP contribution in [0.5, 0.6) is 0 Å². The van der Waals surface area contributed by atoms with Crippen LogP contribution >= 0.6 is 15.9 Å². The van der Waals surface area contributed by atoms with Crippen LogP contribution in [0.15, 0.2) is 91.0 Å². The third kappa shape index (κ3) is 8.65. The summed E-state index contributed by atoms with van der Waals surface area (Å²) in [5, 5.41) is 7.30. The Kier molecular flexibility index (Phi) is 10.2. The molecule has 0 amide bonds. The number of rotatable bonds is 12. The fraction of sp³-hybridized carbons (Fsp3) is 0.357. The number of halogens is 3. The van der Waals surface area contributed by atoms with Gasteiger partial charge in [0.25, 0.3) is 0 Å². The van der Waals surface area contributed by atoms with Crippen LogP contribution in [-0.2, 0) is 43.5 Å². The molecule has 0 radical (unpaired) electrons. The summed E-state index contributed by atoms with van der Waals surface area (Å²) in [5.74, 6) is 0. The maximum atomic E-state index is 13.7. The lowest BCUT2D eigenvalue weighted by molar-refractivity contribution is -0.357. The lowest BCUT2D eigenvalue weighted by atomic mass is 9.98. The number of benzene rings is 3. The standard InChI is InChI=1S/C28H29BrF2O6/c29-28(30,31)37-27-24(32)26(35-18-22-14-8-3-9-15-22)25(34-17-21-12-6-2-7-13-21)23(36-27)19-33-16-20-10-4-1-5-11-20/h1-15,23-27,32H,16-19H2/t23-,24-,25+,26-,27-/m1/s1.